The Morgan fingerprint density at radius 2 is 2.00 bits per heavy atom. The van der Waals surface area contributed by atoms with Gasteiger partial charge >= 0.3 is 0 Å². The van der Waals surface area contributed by atoms with E-state index in [1.165, 1.54) is 16.9 Å². The molecule has 1 aliphatic carbocycles. The highest BCUT2D eigenvalue weighted by atomic mass is 19.1. The number of nitrogens with zero attached hydrogens (tertiary/aromatic N) is 3. The van der Waals surface area contributed by atoms with Crippen molar-refractivity contribution in [2.45, 2.75) is 38.3 Å². The lowest BCUT2D eigenvalue weighted by Gasteiger charge is -2.50. The summed E-state index contributed by atoms with van der Waals surface area (Å²) in [5.74, 6) is -2.52. The summed E-state index contributed by atoms with van der Waals surface area (Å²) < 4.78 is 28.5. The Bertz CT molecular complexity index is 1190. The Balaban J connectivity index is 1.50. The number of carbonyl (C=O) groups excluding carboxylic acids is 2. The highest BCUT2D eigenvalue weighted by Gasteiger charge is 2.48. The molecule has 2 aromatic rings. The molecule has 3 aliphatic rings. The number of aryl methyl sites for hydroxylation is 1. The highest BCUT2D eigenvalue weighted by molar-refractivity contribution is 6.00. The van der Waals surface area contributed by atoms with Gasteiger partial charge in [0, 0.05) is 32.3 Å². The van der Waals surface area contributed by atoms with Crippen LogP contribution in [0.1, 0.15) is 52.1 Å². The van der Waals surface area contributed by atoms with Crippen molar-refractivity contribution >= 4 is 11.7 Å². The lowest BCUT2D eigenvalue weighted by atomic mass is 9.94. The lowest BCUT2D eigenvalue weighted by Crippen LogP contribution is -2.65. The summed E-state index contributed by atoms with van der Waals surface area (Å²) in [5, 5.41) is 12.6. The predicted molar refractivity (Wildman–Crippen MR) is 111 cm³/mol. The summed E-state index contributed by atoms with van der Waals surface area (Å²) in [6, 6.07) is 3.11. The Kier molecular flexibility index (Phi) is 4.79. The molecule has 2 bridgehead atoms. The first-order valence-electron chi connectivity index (χ1n) is 10.8. The molecule has 1 saturated heterocycles. The van der Waals surface area contributed by atoms with Crippen LogP contribution in [0, 0.1) is 23.5 Å². The van der Waals surface area contributed by atoms with Crippen LogP contribution in [0.15, 0.2) is 29.2 Å². The number of ketones is 1. The second-order valence-corrected chi connectivity index (χ2v) is 8.96. The number of fused-ring (bicyclic) bond motifs is 6. The van der Waals surface area contributed by atoms with Crippen LogP contribution in [0.4, 0.5) is 8.78 Å². The van der Waals surface area contributed by atoms with E-state index in [0.29, 0.717) is 12.5 Å². The third-order valence-corrected chi connectivity index (χ3v) is 7.05. The summed E-state index contributed by atoms with van der Waals surface area (Å²) in [6.45, 7) is 0.655. The number of rotatable bonds is 4. The van der Waals surface area contributed by atoms with E-state index in [0.717, 1.165) is 31.4 Å². The molecule has 1 amide bonds. The van der Waals surface area contributed by atoms with Crippen LogP contribution in [0.3, 0.4) is 0 Å². The predicted octanol–water partition coefficient (Wildman–Crippen LogP) is 2.43. The molecular formula is C23H23F2N3O4. The topological polar surface area (TPSA) is 82.9 Å². The number of aromatic hydroxyl groups is 1. The molecular weight excluding hydrogens is 420 g/mol. The second kappa shape index (κ2) is 7.43. The number of aromatic nitrogens is 1. The van der Waals surface area contributed by atoms with Gasteiger partial charge in [-0.1, -0.05) is 6.07 Å². The minimum absolute atomic E-state index is 0.0228. The SMILES string of the molecule is CN1C(=O)c2c(O)c(=O)c(C(=O)CCc3ccc(F)cc3F)cn2N2C[C@@H]3CC[C@@H](C3)[C@@H]12. The van der Waals surface area contributed by atoms with Crippen molar-refractivity contribution in [3.8, 4) is 5.75 Å². The molecule has 1 N–H and O–H groups in total. The molecule has 5 rings (SSSR count). The molecule has 32 heavy (non-hydrogen) atoms. The largest absolute Gasteiger partial charge is 0.502 e. The van der Waals surface area contributed by atoms with Crippen LogP contribution in [0.5, 0.6) is 5.75 Å². The third kappa shape index (κ3) is 3.10. The summed E-state index contributed by atoms with van der Waals surface area (Å²) in [6.07, 6.45) is 3.99. The first-order chi connectivity index (χ1) is 15.3. The molecule has 0 spiro atoms. The second-order valence-electron chi connectivity index (χ2n) is 8.96. The van der Waals surface area contributed by atoms with Gasteiger partial charge in [-0.3, -0.25) is 24.1 Å². The summed E-state index contributed by atoms with van der Waals surface area (Å²) in [4.78, 5) is 40.2. The van der Waals surface area contributed by atoms with E-state index in [-0.39, 0.29) is 41.7 Å². The van der Waals surface area contributed by atoms with Gasteiger partial charge in [-0.05, 0) is 49.1 Å². The van der Waals surface area contributed by atoms with E-state index in [1.807, 2.05) is 5.01 Å². The maximum absolute atomic E-state index is 13.9. The molecule has 3 atom stereocenters. The molecule has 9 heteroatoms. The van der Waals surface area contributed by atoms with Crippen molar-refractivity contribution in [1.29, 1.82) is 0 Å². The van der Waals surface area contributed by atoms with Gasteiger partial charge in [-0.25, -0.2) is 8.78 Å². The first kappa shape index (κ1) is 20.7. The smallest absolute Gasteiger partial charge is 0.277 e. The zero-order chi connectivity index (χ0) is 22.7. The third-order valence-electron chi connectivity index (χ3n) is 7.05. The standard InChI is InChI=1S/C23H23F2N3O4/c1-26-22-14-3-2-12(8-14)10-28(22)27-11-16(20(30)21(31)19(27)23(26)32)18(29)7-5-13-4-6-15(24)9-17(13)25/h4,6,9,11-12,14,22,31H,2-3,5,7-8,10H2,1H3/t12-,14+,22+/m1/s1. The lowest BCUT2D eigenvalue weighted by molar-refractivity contribution is 0.0492. The minimum atomic E-state index is -0.916. The first-order valence-corrected chi connectivity index (χ1v) is 10.8. The highest BCUT2D eigenvalue weighted by Crippen LogP contribution is 2.43. The Morgan fingerprint density at radius 1 is 1.22 bits per heavy atom. The van der Waals surface area contributed by atoms with Crippen molar-refractivity contribution in [3.05, 3.63) is 63.1 Å². The van der Waals surface area contributed by atoms with Gasteiger partial charge in [0.1, 0.15) is 17.8 Å². The number of benzene rings is 1. The monoisotopic (exact) mass is 443 g/mol. The van der Waals surface area contributed by atoms with Crippen molar-refractivity contribution in [1.82, 2.24) is 9.58 Å². The van der Waals surface area contributed by atoms with Crippen LogP contribution < -0.4 is 10.4 Å². The molecule has 0 unspecified atom stereocenters. The van der Waals surface area contributed by atoms with Crippen molar-refractivity contribution < 1.29 is 23.5 Å². The quantitative estimate of drug-likeness (QED) is 0.734. The number of halogens is 2. The van der Waals surface area contributed by atoms with E-state index in [9.17, 15) is 28.3 Å². The molecule has 168 valence electrons. The van der Waals surface area contributed by atoms with E-state index in [4.69, 9.17) is 0 Å². The number of piperidine rings is 1. The van der Waals surface area contributed by atoms with Crippen LogP contribution in [-0.2, 0) is 6.42 Å². The zero-order valence-electron chi connectivity index (χ0n) is 17.6. The van der Waals surface area contributed by atoms with Crippen LogP contribution >= 0.6 is 0 Å². The van der Waals surface area contributed by atoms with Gasteiger partial charge in [-0.2, -0.15) is 0 Å². The molecule has 1 aromatic heterocycles. The summed E-state index contributed by atoms with van der Waals surface area (Å²) >= 11 is 0. The molecule has 2 fully saturated rings. The minimum Gasteiger partial charge on any atom is -0.502 e. The molecule has 3 heterocycles. The van der Waals surface area contributed by atoms with Crippen LogP contribution in [0.2, 0.25) is 0 Å². The Morgan fingerprint density at radius 3 is 2.75 bits per heavy atom. The fourth-order valence-corrected chi connectivity index (χ4v) is 5.48. The van der Waals surface area contributed by atoms with Crippen LogP contribution in [0.25, 0.3) is 0 Å². The van der Waals surface area contributed by atoms with Crippen molar-refractivity contribution in [3.63, 3.8) is 0 Å². The van der Waals surface area contributed by atoms with Gasteiger partial charge in [0.15, 0.2) is 17.2 Å². The molecule has 0 radical (unpaired) electrons. The maximum atomic E-state index is 13.9. The number of Topliss-reactive ketones (excluding diaryl/α,β-unsaturated/α-hetero) is 1. The van der Waals surface area contributed by atoms with E-state index >= 15 is 0 Å². The Hall–Kier alpha value is -3.23. The van der Waals surface area contributed by atoms with Crippen LogP contribution in [-0.4, -0.2) is 46.1 Å². The van der Waals surface area contributed by atoms with Gasteiger partial charge in [0.25, 0.3) is 5.91 Å². The fraction of sp³-hybridized carbons (Fsp3) is 0.435. The number of amides is 1. The number of hydrogen-bond donors (Lipinski definition) is 1. The van der Waals surface area contributed by atoms with Crippen molar-refractivity contribution in [2.75, 3.05) is 18.6 Å². The number of carbonyl (C=O) groups is 2. The van der Waals surface area contributed by atoms with Gasteiger partial charge in [0.2, 0.25) is 5.43 Å². The van der Waals surface area contributed by atoms with E-state index in [1.54, 1.807) is 11.9 Å². The summed E-state index contributed by atoms with van der Waals surface area (Å²) in [7, 11) is 1.67. The normalized spacial score (nSPS) is 23.8. The Labute approximate surface area is 182 Å². The summed E-state index contributed by atoms with van der Waals surface area (Å²) in [5.41, 5.74) is -1.15. The average molecular weight is 443 g/mol. The van der Waals surface area contributed by atoms with Gasteiger partial charge < -0.3 is 10.0 Å². The van der Waals surface area contributed by atoms with E-state index in [2.05, 4.69) is 0 Å². The molecule has 1 aromatic carbocycles. The molecule has 1 saturated carbocycles. The fourth-order valence-electron chi connectivity index (χ4n) is 5.48. The number of hydrogen-bond acceptors (Lipinski definition) is 5. The van der Waals surface area contributed by atoms with Crippen molar-refractivity contribution in [2.24, 2.45) is 11.8 Å². The van der Waals surface area contributed by atoms with E-state index < -0.39 is 34.5 Å². The molecule has 2 aliphatic heterocycles. The zero-order valence-corrected chi connectivity index (χ0v) is 17.6. The molecule has 7 nitrogen and oxygen atoms in total. The van der Waals surface area contributed by atoms with Gasteiger partial charge in [-0.15, -0.1) is 0 Å². The van der Waals surface area contributed by atoms with Gasteiger partial charge in [0.05, 0.1) is 5.56 Å². The average Bonchev–Trinajstić information content (AvgIpc) is 3.13. The number of pyridine rings is 1. The maximum Gasteiger partial charge on any atom is 0.277 e.